The zero-order valence-corrected chi connectivity index (χ0v) is 12.3. The topological polar surface area (TPSA) is 74.8 Å². The summed E-state index contributed by atoms with van der Waals surface area (Å²) in [5.74, 6) is -0.112. The lowest BCUT2D eigenvalue weighted by Crippen LogP contribution is -2.07. The summed E-state index contributed by atoms with van der Waals surface area (Å²) < 4.78 is 0.408. The molecule has 0 aliphatic carbocycles. The number of nitrogens with zero attached hydrogens (tertiary/aromatic N) is 1. The van der Waals surface area contributed by atoms with E-state index in [0.717, 1.165) is 10.6 Å². The van der Waals surface area contributed by atoms with Crippen molar-refractivity contribution < 1.29 is 4.79 Å². The molecule has 2 rings (SSSR count). The van der Waals surface area contributed by atoms with E-state index < -0.39 is 0 Å². The zero-order valence-electron chi connectivity index (χ0n) is 9.94. The lowest BCUT2D eigenvalue weighted by Gasteiger charge is -2.04. The fourth-order valence-corrected chi connectivity index (χ4v) is 2.60. The molecule has 0 spiro atoms. The number of nitrogens with one attached hydrogen (secondary N) is 2. The van der Waals surface area contributed by atoms with E-state index >= 15 is 0 Å². The van der Waals surface area contributed by atoms with Gasteiger partial charge in [0.05, 0.1) is 6.33 Å². The van der Waals surface area contributed by atoms with Crippen LogP contribution in [0.15, 0.2) is 49.8 Å². The van der Waals surface area contributed by atoms with Crippen LogP contribution in [0.1, 0.15) is 6.92 Å². The van der Waals surface area contributed by atoms with Crippen molar-refractivity contribution in [2.45, 2.75) is 16.8 Å². The first-order valence-corrected chi connectivity index (χ1v) is 6.96. The first-order valence-electron chi connectivity index (χ1n) is 5.35. The van der Waals surface area contributed by atoms with Gasteiger partial charge in [-0.15, -0.1) is 0 Å². The lowest BCUT2D eigenvalue weighted by molar-refractivity contribution is -0.114. The number of amides is 1. The van der Waals surface area contributed by atoms with Crippen molar-refractivity contribution in [2.75, 3.05) is 5.32 Å². The SMILES string of the molecule is CC(=O)Nc1ccc(Sc2nc[nH]c(=O)c2Br)cc1. The van der Waals surface area contributed by atoms with Crippen LogP contribution >= 0.6 is 27.7 Å². The highest BCUT2D eigenvalue weighted by atomic mass is 79.9. The van der Waals surface area contributed by atoms with Crippen LogP contribution in [-0.4, -0.2) is 15.9 Å². The highest BCUT2D eigenvalue weighted by Crippen LogP contribution is 2.30. The molecule has 0 saturated carbocycles. The maximum absolute atomic E-state index is 11.4. The first-order chi connectivity index (χ1) is 9.06. The van der Waals surface area contributed by atoms with Crippen LogP contribution < -0.4 is 10.9 Å². The minimum atomic E-state index is -0.215. The smallest absolute Gasteiger partial charge is 0.266 e. The number of rotatable bonds is 3. The van der Waals surface area contributed by atoms with Crippen molar-refractivity contribution in [3.05, 3.63) is 45.4 Å². The number of carbonyl (C=O) groups excluding carboxylic acids is 1. The van der Waals surface area contributed by atoms with Crippen LogP contribution in [0.3, 0.4) is 0 Å². The van der Waals surface area contributed by atoms with E-state index in [1.807, 2.05) is 12.1 Å². The Morgan fingerprint density at radius 3 is 2.68 bits per heavy atom. The molecule has 0 bridgehead atoms. The van der Waals surface area contributed by atoms with E-state index in [-0.39, 0.29) is 11.5 Å². The fraction of sp³-hybridized carbons (Fsp3) is 0.0833. The Hall–Kier alpha value is -1.60. The monoisotopic (exact) mass is 339 g/mol. The molecule has 7 heteroatoms. The van der Waals surface area contributed by atoms with Gasteiger partial charge in [0.25, 0.3) is 5.56 Å². The molecule has 0 atom stereocenters. The van der Waals surface area contributed by atoms with Gasteiger partial charge in [0.15, 0.2) is 0 Å². The molecule has 0 saturated heterocycles. The van der Waals surface area contributed by atoms with E-state index in [4.69, 9.17) is 0 Å². The highest BCUT2D eigenvalue weighted by molar-refractivity contribution is 9.10. The van der Waals surface area contributed by atoms with Gasteiger partial charge in [-0.05, 0) is 40.2 Å². The average Bonchev–Trinajstić information content (AvgIpc) is 2.37. The van der Waals surface area contributed by atoms with Gasteiger partial charge in [-0.1, -0.05) is 11.8 Å². The number of carbonyl (C=O) groups is 1. The van der Waals surface area contributed by atoms with Gasteiger partial charge in [0, 0.05) is 17.5 Å². The van der Waals surface area contributed by atoms with E-state index in [9.17, 15) is 9.59 Å². The second kappa shape index (κ2) is 6.03. The van der Waals surface area contributed by atoms with E-state index in [0.29, 0.717) is 9.50 Å². The summed E-state index contributed by atoms with van der Waals surface area (Å²) in [4.78, 5) is 29.8. The number of hydrogen-bond donors (Lipinski definition) is 2. The van der Waals surface area contributed by atoms with Crippen molar-refractivity contribution in [1.29, 1.82) is 0 Å². The Morgan fingerprint density at radius 1 is 1.37 bits per heavy atom. The van der Waals surface area contributed by atoms with E-state index in [1.165, 1.54) is 25.0 Å². The molecule has 19 heavy (non-hydrogen) atoms. The number of benzene rings is 1. The van der Waals surface area contributed by atoms with E-state index in [2.05, 4.69) is 31.2 Å². The molecular formula is C12H10BrN3O2S. The van der Waals surface area contributed by atoms with Gasteiger partial charge in [-0.25, -0.2) is 4.98 Å². The fourth-order valence-electron chi connectivity index (χ4n) is 1.36. The molecule has 1 heterocycles. The summed E-state index contributed by atoms with van der Waals surface area (Å²) in [6.07, 6.45) is 1.36. The molecule has 1 amide bonds. The summed E-state index contributed by atoms with van der Waals surface area (Å²) in [5, 5.41) is 3.28. The Labute approximate surface area is 122 Å². The third kappa shape index (κ3) is 3.68. The van der Waals surface area contributed by atoms with Crippen molar-refractivity contribution in [3.63, 3.8) is 0 Å². The number of hydrogen-bond acceptors (Lipinski definition) is 4. The second-order valence-corrected chi connectivity index (χ2v) is 5.51. The molecule has 5 nitrogen and oxygen atoms in total. The third-order valence-corrected chi connectivity index (χ3v) is 4.16. The molecule has 0 aliphatic rings. The van der Waals surface area contributed by atoms with E-state index in [1.54, 1.807) is 12.1 Å². The molecule has 0 fully saturated rings. The Bertz CT molecular complexity index is 655. The van der Waals surface area contributed by atoms with Crippen LogP contribution in [-0.2, 0) is 4.79 Å². The summed E-state index contributed by atoms with van der Waals surface area (Å²) >= 11 is 4.57. The normalized spacial score (nSPS) is 10.2. The number of H-pyrrole nitrogens is 1. The zero-order chi connectivity index (χ0) is 13.8. The van der Waals surface area contributed by atoms with Gasteiger partial charge in [-0.3, -0.25) is 9.59 Å². The summed E-state index contributed by atoms with van der Waals surface area (Å²) in [7, 11) is 0. The Kier molecular flexibility index (Phi) is 4.39. The van der Waals surface area contributed by atoms with Gasteiger partial charge in [0.1, 0.15) is 9.50 Å². The molecule has 98 valence electrons. The molecule has 2 N–H and O–H groups in total. The number of anilines is 1. The predicted octanol–water partition coefficient (Wildman–Crippen LogP) is 2.64. The molecule has 0 aliphatic heterocycles. The van der Waals surface area contributed by atoms with Crippen molar-refractivity contribution >= 4 is 39.3 Å². The molecule has 1 aromatic heterocycles. The van der Waals surface area contributed by atoms with Gasteiger partial charge < -0.3 is 10.3 Å². The molecule has 2 aromatic rings. The maximum atomic E-state index is 11.4. The van der Waals surface area contributed by atoms with Gasteiger partial charge in [0.2, 0.25) is 5.91 Å². The van der Waals surface area contributed by atoms with Crippen molar-refractivity contribution in [3.8, 4) is 0 Å². The van der Waals surface area contributed by atoms with Gasteiger partial charge >= 0.3 is 0 Å². The molecular weight excluding hydrogens is 330 g/mol. The van der Waals surface area contributed by atoms with Crippen molar-refractivity contribution in [1.82, 2.24) is 9.97 Å². The molecule has 0 radical (unpaired) electrons. The molecule has 0 unspecified atom stereocenters. The van der Waals surface area contributed by atoms with Crippen LogP contribution in [0.2, 0.25) is 0 Å². The largest absolute Gasteiger partial charge is 0.326 e. The third-order valence-electron chi connectivity index (χ3n) is 2.15. The minimum absolute atomic E-state index is 0.112. The Morgan fingerprint density at radius 2 is 2.05 bits per heavy atom. The number of halogens is 1. The first kappa shape index (κ1) is 13.8. The highest BCUT2D eigenvalue weighted by Gasteiger charge is 2.07. The van der Waals surface area contributed by atoms with Crippen LogP contribution in [0.5, 0.6) is 0 Å². The lowest BCUT2D eigenvalue weighted by atomic mass is 10.3. The minimum Gasteiger partial charge on any atom is -0.326 e. The predicted molar refractivity (Wildman–Crippen MR) is 77.4 cm³/mol. The maximum Gasteiger partial charge on any atom is 0.266 e. The van der Waals surface area contributed by atoms with Gasteiger partial charge in [-0.2, -0.15) is 0 Å². The molecule has 1 aromatic carbocycles. The average molecular weight is 340 g/mol. The van der Waals surface area contributed by atoms with Crippen molar-refractivity contribution in [2.24, 2.45) is 0 Å². The number of aromatic nitrogens is 2. The van der Waals surface area contributed by atoms with Crippen LogP contribution in [0.4, 0.5) is 5.69 Å². The summed E-state index contributed by atoms with van der Waals surface area (Å²) in [6, 6.07) is 7.30. The second-order valence-electron chi connectivity index (χ2n) is 3.66. The van der Waals surface area contributed by atoms with Crippen LogP contribution in [0, 0.1) is 0 Å². The number of aromatic amines is 1. The quantitative estimate of drug-likeness (QED) is 0.843. The Balaban J connectivity index is 2.17. The van der Waals surface area contributed by atoms with Crippen LogP contribution in [0.25, 0.3) is 0 Å². The summed E-state index contributed by atoms with van der Waals surface area (Å²) in [6.45, 7) is 1.46. The standard InChI is InChI=1S/C12H10BrN3O2S/c1-7(17)16-8-2-4-9(5-3-8)19-12-10(13)11(18)14-6-15-12/h2-6H,1H3,(H,16,17)(H,14,15,18). The summed E-state index contributed by atoms with van der Waals surface area (Å²) in [5.41, 5.74) is 0.516.